The molecule has 0 aliphatic heterocycles. The van der Waals surface area contributed by atoms with E-state index in [9.17, 15) is 45.0 Å². The summed E-state index contributed by atoms with van der Waals surface area (Å²) in [6.07, 6.45) is 8.12. The summed E-state index contributed by atoms with van der Waals surface area (Å²) in [5, 5.41) is 84.5. The molecular weight excluding hydrogens is 973 g/mol. The van der Waals surface area contributed by atoms with Crippen LogP contribution in [0.3, 0.4) is 0 Å². The van der Waals surface area contributed by atoms with Crippen LogP contribution < -0.4 is 54.0 Å². The van der Waals surface area contributed by atoms with Crippen molar-refractivity contribution in [2.24, 2.45) is 17.4 Å². The Balaban J connectivity index is 1.55. The van der Waals surface area contributed by atoms with E-state index >= 15 is 0 Å². The standard InChI is InChI=1S/C55H94N12O9/c56-19-22-58-24-26-61-31-37-66(36-30-59-23-20-57)34-17-43(4-2-1-3-21-63-53(74)14-8-44-5-11-47(68)50(71)40-44)18-35-67(39-33-65-55(76)16-10-46-7-13-49(70)52(73)42-46)38-32-62-27-25-60-28-29-64-54(75)15-9-45-6-12-48(69)51(72)41-45/h5-7,11-13,40-43,58-62,68-73H,1-4,8-10,14-39,56-57H2,(H,63,74)(H,64,75)(H,65,76). The first kappa shape index (κ1) is 64.8. The third kappa shape index (κ3) is 30.9. The fourth-order valence-electron chi connectivity index (χ4n) is 8.55. The number of rotatable bonds is 46. The van der Waals surface area contributed by atoms with E-state index in [4.69, 9.17) is 11.5 Å². The highest BCUT2D eigenvalue weighted by Gasteiger charge is 2.16. The highest BCUT2D eigenvalue weighted by Crippen LogP contribution is 2.27. The van der Waals surface area contributed by atoms with Gasteiger partial charge in [0.15, 0.2) is 34.5 Å². The summed E-state index contributed by atoms with van der Waals surface area (Å²) in [7, 11) is 0. The summed E-state index contributed by atoms with van der Waals surface area (Å²) in [6.45, 7) is 15.7. The van der Waals surface area contributed by atoms with E-state index in [1.54, 1.807) is 18.2 Å². The number of hydrogen-bond donors (Lipinski definition) is 16. The van der Waals surface area contributed by atoms with Crippen molar-refractivity contribution in [2.45, 2.75) is 77.0 Å². The average Bonchev–Trinajstić information content (AvgIpc) is 3.40. The molecular formula is C55H94N12O9. The van der Waals surface area contributed by atoms with Crippen LogP contribution in [-0.2, 0) is 33.6 Å². The van der Waals surface area contributed by atoms with E-state index in [0.717, 1.165) is 140 Å². The first-order valence-corrected chi connectivity index (χ1v) is 27.6. The number of nitrogens with one attached hydrogen (secondary N) is 8. The lowest BCUT2D eigenvalue weighted by Gasteiger charge is -2.28. The zero-order chi connectivity index (χ0) is 55.0. The van der Waals surface area contributed by atoms with E-state index in [0.29, 0.717) is 84.0 Å². The van der Waals surface area contributed by atoms with Gasteiger partial charge in [-0.25, -0.2) is 0 Å². The number of aryl methyl sites for hydroxylation is 3. The van der Waals surface area contributed by atoms with E-state index < -0.39 is 0 Å². The molecule has 3 aromatic carbocycles. The van der Waals surface area contributed by atoms with Crippen molar-refractivity contribution in [3.63, 3.8) is 0 Å². The lowest BCUT2D eigenvalue weighted by atomic mass is 9.93. The van der Waals surface area contributed by atoms with Crippen LogP contribution >= 0.6 is 0 Å². The number of nitrogens with zero attached hydrogens (tertiary/aromatic N) is 2. The summed E-state index contributed by atoms with van der Waals surface area (Å²) >= 11 is 0. The summed E-state index contributed by atoms with van der Waals surface area (Å²) in [5.41, 5.74) is 13.7. The van der Waals surface area contributed by atoms with Crippen molar-refractivity contribution in [3.05, 3.63) is 71.3 Å². The normalized spacial score (nSPS) is 11.8. The minimum atomic E-state index is -0.208. The number of hydrogen-bond acceptors (Lipinski definition) is 18. The van der Waals surface area contributed by atoms with E-state index in [-0.39, 0.29) is 65.1 Å². The maximum atomic E-state index is 13.0. The molecule has 3 rings (SSSR count). The van der Waals surface area contributed by atoms with E-state index in [1.165, 1.54) is 36.4 Å². The lowest BCUT2D eigenvalue weighted by Crippen LogP contribution is -2.41. The molecule has 0 aliphatic rings. The molecule has 1 unspecified atom stereocenters. The summed E-state index contributed by atoms with van der Waals surface area (Å²) in [6, 6.07) is 13.8. The molecule has 0 fully saturated rings. The first-order valence-electron chi connectivity index (χ1n) is 27.6. The smallest absolute Gasteiger partial charge is 0.220 e. The van der Waals surface area contributed by atoms with Crippen LogP contribution in [0.2, 0.25) is 0 Å². The second-order valence-corrected chi connectivity index (χ2v) is 19.3. The van der Waals surface area contributed by atoms with Crippen LogP contribution in [-0.4, -0.2) is 196 Å². The van der Waals surface area contributed by atoms with Crippen molar-refractivity contribution >= 4 is 17.7 Å². The van der Waals surface area contributed by atoms with Gasteiger partial charge in [-0.3, -0.25) is 14.4 Å². The molecule has 21 heteroatoms. The Bertz CT molecular complexity index is 2050. The first-order chi connectivity index (χ1) is 36.9. The molecule has 0 saturated carbocycles. The largest absolute Gasteiger partial charge is 0.504 e. The quantitative estimate of drug-likeness (QED) is 0.0276. The lowest BCUT2D eigenvalue weighted by molar-refractivity contribution is -0.121. The van der Waals surface area contributed by atoms with Crippen LogP contribution in [0, 0.1) is 5.92 Å². The topological polar surface area (TPSA) is 327 Å². The van der Waals surface area contributed by atoms with E-state index in [2.05, 4.69) is 52.3 Å². The maximum Gasteiger partial charge on any atom is 0.220 e. The van der Waals surface area contributed by atoms with Crippen LogP contribution in [0.5, 0.6) is 34.5 Å². The minimum Gasteiger partial charge on any atom is -0.504 e. The van der Waals surface area contributed by atoms with Crippen molar-refractivity contribution in [2.75, 3.05) is 137 Å². The van der Waals surface area contributed by atoms with Gasteiger partial charge in [-0.2, -0.15) is 0 Å². The molecule has 21 nitrogen and oxygen atoms in total. The fourth-order valence-corrected chi connectivity index (χ4v) is 8.55. The average molecular weight is 1070 g/mol. The molecule has 0 aliphatic carbocycles. The zero-order valence-corrected chi connectivity index (χ0v) is 45.1. The number of nitrogens with two attached hydrogens (primary N) is 2. The molecule has 0 heterocycles. The van der Waals surface area contributed by atoms with E-state index in [1.807, 2.05) is 0 Å². The third-order valence-corrected chi connectivity index (χ3v) is 13.1. The number of phenolic OH excluding ortho intramolecular Hbond substituents is 6. The monoisotopic (exact) mass is 1070 g/mol. The molecule has 0 radical (unpaired) electrons. The van der Waals surface area contributed by atoms with Gasteiger partial charge in [0.05, 0.1) is 0 Å². The molecule has 0 spiro atoms. The summed E-state index contributed by atoms with van der Waals surface area (Å²) < 4.78 is 0. The number of carbonyl (C=O) groups excluding carboxylic acids is 3. The fraction of sp³-hybridized carbons (Fsp3) is 0.618. The number of amides is 3. The second-order valence-electron chi connectivity index (χ2n) is 19.3. The Kier molecular flexibility index (Phi) is 34.7. The van der Waals surface area contributed by atoms with Gasteiger partial charge in [0.1, 0.15) is 0 Å². The maximum absolute atomic E-state index is 13.0. The van der Waals surface area contributed by atoms with Gasteiger partial charge >= 0.3 is 0 Å². The summed E-state index contributed by atoms with van der Waals surface area (Å²) in [5.74, 6) is -0.938. The SMILES string of the molecule is NCCNCCNCCN(CCNCCN)CCC(CCCCCNC(=O)CCc1ccc(O)c(O)c1)CCN(CCNCCNCCNC(=O)CCc1ccc(O)c(O)c1)CCNC(=O)CCc1ccc(O)c(O)c1. The molecule has 0 aromatic heterocycles. The minimum absolute atomic E-state index is 0.0446. The molecule has 0 saturated heterocycles. The Morgan fingerprint density at radius 2 is 0.737 bits per heavy atom. The molecule has 3 amide bonds. The molecule has 76 heavy (non-hydrogen) atoms. The molecule has 3 aromatic rings. The Morgan fingerprint density at radius 3 is 1.16 bits per heavy atom. The van der Waals surface area contributed by atoms with Gasteiger partial charge in [-0.1, -0.05) is 37.5 Å². The predicted molar refractivity (Wildman–Crippen MR) is 300 cm³/mol. The van der Waals surface area contributed by atoms with Gasteiger partial charge in [-0.05, 0) is 111 Å². The second kappa shape index (κ2) is 40.7. The number of phenols is 6. The Hall–Kier alpha value is -5.49. The number of aromatic hydroxyl groups is 6. The van der Waals surface area contributed by atoms with Crippen LogP contribution in [0.4, 0.5) is 0 Å². The number of benzene rings is 3. The van der Waals surface area contributed by atoms with Gasteiger partial charge in [0.2, 0.25) is 17.7 Å². The third-order valence-electron chi connectivity index (χ3n) is 13.1. The van der Waals surface area contributed by atoms with Crippen LogP contribution in [0.15, 0.2) is 54.6 Å². The Labute approximate surface area is 451 Å². The number of carbonyl (C=O) groups is 3. The zero-order valence-electron chi connectivity index (χ0n) is 45.1. The highest BCUT2D eigenvalue weighted by molar-refractivity contribution is 5.77. The number of unbranched alkanes of at least 4 members (excludes halogenated alkanes) is 2. The van der Waals surface area contributed by atoms with Crippen molar-refractivity contribution < 1.29 is 45.0 Å². The predicted octanol–water partition coefficient (Wildman–Crippen LogP) is 0.893. The van der Waals surface area contributed by atoms with Gasteiger partial charge in [0.25, 0.3) is 0 Å². The molecule has 1 atom stereocenters. The molecule has 0 bridgehead atoms. The van der Waals surface area contributed by atoms with Crippen molar-refractivity contribution in [1.82, 2.24) is 52.3 Å². The van der Waals surface area contributed by atoms with Crippen molar-refractivity contribution in [1.29, 1.82) is 0 Å². The van der Waals surface area contributed by atoms with Gasteiger partial charge < -0.3 is 94.4 Å². The van der Waals surface area contributed by atoms with Gasteiger partial charge in [0, 0.05) is 144 Å². The van der Waals surface area contributed by atoms with Gasteiger partial charge in [-0.15, -0.1) is 0 Å². The highest BCUT2D eigenvalue weighted by atomic mass is 16.3. The molecule has 428 valence electrons. The van der Waals surface area contributed by atoms with Crippen LogP contribution in [0.25, 0.3) is 0 Å². The van der Waals surface area contributed by atoms with Crippen LogP contribution in [0.1, 0.15) is 74.5 Å². The summed E-state index contributed by atoms with van der Waals surface area (Å²) in [4.78, 5) is 42.9. The molecule has 18 N–H and O–H groups in total. The van der Waals surface area contributed by atoms with Crippen molar-refractivity contribution in [3.8, 4) is 34.5 Å². The Morgan fingerprint density at radius 1 is 0.382 bits per heavy atom.